The van der Waals surface area contributed by atoms with E-state index in [1.165, 1.54) is 0 Å². The molecule has 0 amide bonds. The lowest BCUT2D eigenvalue weighted by Crippen LogP contribution is -2.45. The third kappa shape index (κ3) is 5.73. The molecule has 0 aliphatic carbocycles. The average molecular weight is 516 g/mol. The number of aliphatic carboxylic acids is 1. The van der Waals surface area contributed by atoms with Crippen LogP contribution in [0, 0.1) is 5.92 Å². The number of Topliss-reactive ketones (excluding diaryl/α,β-unsaturated/α-hetero) is 1. The summed E-state index contributed by atoms with van der Waals surface area (Å²) in [5.41, 5.74) is 0.624. The van der Waals surface area contributed by atoms with Crippen molar-refractivity contribution in [2.75, 3.05) is 19.6 Å². The number of aliphatic hydroxyl groups excluding tert-OH is 1. The molecule has 6 heteroatoms. The van der Waals surface area contributed by atoms with E-state index >= 15 is 0 Å². The van der Waals surface area contributed by atoms with Crippen LogP contribution in [0.4, 0.5) is 0 Å². The predicted molar refractivity (Wildman–Crippen MR) is 147 cm³/mol. The van der Waals surface area contributed by atoms with E-state index in [0.29, 0.717) is 24.1 Å². The van der Waals surface area contributed by atoms with Crippen LogP contribution in [0.1, 0.15) is 60.2 Å². The first kappa shape index (κ1) is 27.7. The molecule has 3 N–H and O–H groups in total. The average Bonchev–Trinajstić information content (AvgIpc) is 2.96. The van der Waals surface area contributed by atoms with E-state index in [1.54, 1.807) is 38.1 Å². The maximum absolute atomic E-state index is 12.8. The lowest BCUT2D eigenvalue weighted by molar-refractivity contribution is -0.142. The summed E-state index contributed by atoms with van der Waals surface area (Å²) in [4.78, 5) is 26.5. The minimum Gasteiger partial charge on any atom is -0.481 e. The molecule has 3 aromatic rings. The lowest BCUT2D eigenvalue weighted by Gasteiger charge is -2.42. The van der Waals surface area contributed by atoms with Crippen molar-refractivity contribution in [3.05, 3.63) is 107 Å². The largest absolute Gasteiger partial charge is 0.481 e. The summed E-state index contributed by atoms with van der Waals surface area (Å²) in [7, 11) is 0. The van der Waals surface area contributed by atoms with Gasteiger partial charge in [-0.05, 0) is 68.8 Å². The molecule has 3 aromatic carbocycles. The molecule has 38 heavy (non-hydrogen) atoms. The number of carbonyl (C=O) groups is 2. The monoisotopic (exact) mass is 515 g/mol. The van der Waals surface area contributed by atoms with Gasteiger partial charge in [0.15, 0.2) is 5.78 Å². The van der Waals surface area contributed by atoms with Crippen LogP contribution in [0.5, 0.6) is 0 Å². The predicted octanol–water partition coefficient (Wildman–Crippen LogP) is 4.63. The third-order valence-corrected chi connectivity index (χ3v) is 8.05. The summed E-state index contributed by atoms with van der Waals surface area (Å²) in [6.45, 7) is 5.35. The summed E-state index contributed by atoms with van der Waals surface area (Å²) in [6.07, 6.45) is 0.778. The van der Waals surface area contributed by atoms with Crippen LogP contribution in [-0.2, 0) is 15.8 Å². The topological polar surface area (TPSA) is 98.1 Å². The molecule has 1 atom stereocenters. The van der Waals surface area contributed by atoms with Crippen LogP contribution < -0.4 is 0 Å². The summed E-state index contributed by atoms with van der Waals surface area (Å²) >= 11 is 0. The standard InChI is InChI=1S/C32H37NO5/c1-31(2,30(36)37)24-15-13-23(14-16-24)29(35)28(34)19-22-33-20-17-27(18-21-33)32(38,25-9-5-3-6-10-25)26-11-7-4-8-12-26/h3-16,27-28,34,38H,17-22H2,1-2H3,(H,36,37). The summed E-state index contributed by atoms with van der Waals surface area (Å²) in [5.74, 6) is -1.25. The Hall–Kier alpha value is -3.32. The molecule has 1 aliphatic heterocycles. The molecule has 1 unspecified atom stereocenters. The highest BCUT2D eigenvalue weighted by atomic mass is 16.4. The van der Waals surface area contributed by atoms with Crippen molar-refractivity contribution in [3.8, 4) is 0 Å². The highest BCUT2D eigenvalue weighted by molar-refractivity contribution is 5.99. The molecule has 0 bridgehead atoms. The first-order chi connectivity index (χ1) is 18.1. The Labute approximate surface area is 224 Å². The van der Waals surface area contributed by atoms with E-state index < -0.39 is 23.1 Å². The molecule has 6 nitrogen and oxygen atoms in total. The molecule has 1 aliphatic rings. The van der Waals surface area contributed by atoms with Crippen molar-refractivity contribution >= 4 is 11.8 Å². The maximum atomic E-state index is 12.8. The zero-order valence-corrected chi connectivity index (χ0v) is 22.1. The molecule has 1 heterocycles. The number of rotatable bonds is 10. The fraction of sp³-hybridized carbons (Fsp3) is 0.375. The Morgan fingerprint density at radius 2 is 1.34 bits per heavy atom. The van der Waals surface area contributed by atoms with Crippen molar-refractivity contribution in [3.63, 3.8) is 0 Å². The van der Waals surface area contributed by atoms with Gasteiger partial charge in [-0.2, -0.15) is 0 Å². The van der Waals surface area contributed by atoms with E-state index in [2.05, 4.69) is 4.90 Å². The summed E-state index contributed by atoms with van der Waals surface area (Å²) in [6, 6.07) is 26.1. The minimum absolute atomic E-state index is 0.0451. The molecule has 0 spiro atoms. The van der Waals surface area contributed by atoms with Crippen LogP contribution in [-0.4, -0.2) is 57.7 Å². The van der Waals surface area contributed by atoms with E-state index in [1.807, 2.05) is 60.7 Å². The fourth-order valence-electron chi connectivity index (χ4n) is 5.40. The first-order valence-corrected chi connectivity index (χ1v) is 13.3. The van der Waals surface area contributed by atoms with Crippen molar-refractivity contribution in [1.29, 1.82) is 0 Å². The van der Waals surface area contributed by atoms with E-state index in [0.717, 1.165) is 37.1 Å². The zero-order valence-electron chi connectivity index (χ0n) is 22.1. The number of aliphatic hydroxyl groups is 2. The Morgan fingerprint density at radius 3 is 1.82 bits per heavy atom. The number of likely N-dealkylation sites (tertiary alicyclic amines) is 1. The van der Waals surface area contributed by atoms with Crippen molar-refractivity contribution in [2.24, 2.45) is 5.92 Å². The van der Waals surface area contributed by atoms with Gasteiger partial charge in [-0.25, -0.2) is 0 Å². The Bertz CT molecular complexity index is 1180. The number of benzene rings is 3. The zero-order chi connectivity index (χ0) is 27.3. The molecule has 1 fully saturated rings. The van der Waals surface area contributed by atoms with E-state index in [9.17, 15) is 24.9 Å². The van der Waals surface area contributed by atoms with Crippen molar-refractivity contribution in [1.82, 2.24) is 4.90 Å². The summed E-state index contributed by atoms with van der Waals surface area (Å²) < 4.78 is 0. The SMILES string of the molecule is CC(C)(C(=O)O)c1ccc(C(=O)C(O)CCN2CCC(C(O)(c3ccccc3)c3ccccc3)CC2)cc1. The molecule has 0 saturated carbocycles. The Balaban J connectivity index is 1.35. The van der Waals surface area contributed by atoms with Gasteiger partial charge in [0.1, 0.15) is 11.7 Å². The second kappa shape index (κ2) is 11.6. The maximum Gasteiger partial charge on any atom is 0.313 e. The van der Waals surface area contributed by atoms with E-state index in [4.69, 9.17) is 0 Å². The van der Waals surface area contributed by atoms with Crippen LogP contribution in [0.3, 0.4) is 0 Å². The fourth-order valence-corrected chi connectivity index (χ4v) is 5.40. The molecular weight excluding hydrogens is 478 g/mol. The van der Waals surface area contributed by atoms with Gasteiger partial charge in [-0.1, -0.05) is 84.9 Å². The first-order valence-electron chi connectivity index (χ1n) is 13.3. The number of carboxylic acids is 1. The Morgan fingerprint density at radius 1 is 0.842 bits per heavy atom. The van der Waals surface area contributed by atoms with Gasteiger partial charge in [0.05, 0.1) is 5.41 Å². The van der Waals surface area contributed by atoms with Gasteiger partial charge in [-0.15, -0.1) is 0 Å². The molecule has 0 aromatic heterocycles. The number of piperidine rings is 1. The number of hydrogen-bond acceptors (Lipinski definition) is 5. The van der Waals surface area contributed by atoms with Crippen LogP contribution in [0.25, 0.3) is 0 Å². The van der Waals surface area contributed by atoms with Crippen LogP contribution in [0.15, 0.2) is 84.9 Å². The van der Waals surface area contributed by atoms with Gasteiger partial charge >= 0.3 is 5.97 Å². The van der Waals surface area contributed by atoms with Gasteiger partial charge in [0, 0.05) is 12.1 Å². The van der Waals surface area contributed by atoms with Crippen LogP contribution >= 0.6 is 0 Å². The number of carboxylic acid groups (broad SMARTS) is 1. The van der Waals surface area contributed by atoms with Crippen LogP contribution in [0.2, 0.25) is 0 Å². The molecule has 1 saturated heterocycles. The number of carbonyl (C=O) groups excluding carboxylic acids is 1. The smallest absolute Gasteiger partial charge is 0.313 e. The van der Waals surface area contributed by atoms with E-state index in [-0.39, 0.29) is 11.7 Å². The molecule has 0 radical (unpaired) electrons. The molecule has 200 valence electrons. The number of ketones is 1. The quantitative estimate of drug-likeness (QED) is 0.341. The van der Waals surface area contributed by atoms with Gasteiger partial charge in [-0.3, -0.25) is 9.59 Å². The number of nitrogens with zero attached hydrogens (tertiary/aromatic N) is 1. The normalized spacial score (nSPS) is 16.2. The summed E-state index contributed by atoms with van der Waals surface area (Å²) in [5, 5.41) is 32.0. The molecular formula is C32H37NO5. The van der Waals surface area contributed by atoms with Crippen molar-refractivity contribution in [2.45, 2.75) is 50.2 Å². The highest BCUT2D eigenvalue weighted by Crippen LogP contribution is 2.41. The highest BCUT2D eigenvalue weighted by Gasteiger charge is 2.41. The van der Waals surface area contributed by atoms with Crippen molar-refractivity contribution < 1.29 is 24.9 Å². The minimum atomic E-state index is -1.13. The van der Waals surface area contributed by atoms with Gasteiger partial charge in [0.2, 0.25) is 0 Å². The second-order valence-electron chi connectivity index (χ2n) is 10.8. The third-order valence-electron chi connectivity index (χ3n) is 8.05. The second-order valence-corrected chi connectivity index (χ2v) is 10.8. The molecule has 4 rings (SSSR count). The lowest BCUT2D eigenvalue weighted by atomic mass is 9.72. The van der Waals surface area contributed by atoms with Gasteiger partial charge < -0.3 is 20.2 Å². The Kier molecular flexibility index (Phi) is 8.46. The van der Waals surface area contributed by atoms with Gasteiger partial charge in [0.25, 0.3) is 0 Å². The number of hydrogen-bond donors (Lipinski definition) is 3.